The molecule has 0 amide bonds. The van der Waals surface area contributed by atoms with Crippen molar-refractivity contribution in [2.45, 2.75) is 11.7 Å². The first-order valence-electron chi connectivity index (χ1n) is 5.21. The summed E-state index contributed by atoms with van der Waals surface area (Å²) in [5, 5.41) is 7.72. The van der Waals surface area contributed by atoms with Gasteiger partial charge in [-0.05, 0) is 5.56 Å². The highest BCUT2D eigenvalue weighted by molar-refractivity contribution is 7.92. The maximum absolute atomic E-state index is 12.0. The lowest BCUT2D eigenvalue weighted by molar-refractivity contribution is -0.137. The number of nitrogens with zero attached hydrogens (tertiary/aromatic N) is 1. The first kappa shape index (κ1) is 14.2. The number of carbonyl (C=O) groups is 1. The standard InChI is InChI=1S/C12H13NO4S/c1-17-12(14)9-18(15,16)11(7-8-13)10-5-3-2-4-6-10/h2-6,11H,7,9H2,1H3. The van der Waals surface area contributed by atoms with Gasteiger partial charge in [-0.1, -0.05) is 30.3 Å². The fourth-order valence-electron chi connectivity index (χ4n) is 1.53. The molecular formula is C12H13NO4S. The third-order valence-corrected chi connectivity index (χ3v) is 4.37. The van der Waals surface area contributed by atoms with Crippen molar-refractivity contribution in [3.8, 4) is 6.07 Å². The molecule has 0 N–H and O–H groups in total. The summed E-state index contributed by atoms with van der Waals surface area (Å²) in [5.41, 5.74) is 0.503. The van der Waals surface area contributed by atoms with Crippen molar-refractivity contribution in [3.63, 3.8) is 0 Å². The second kappa shape index (κ2) is 6.17. The normalized spacial score (nSPS) is 12.4. The average molecular weight is 267 g/mol. The molecule has 96 valence electrons. The molecule has 0 fully saturated rings. The van der Waals surface area contributed by atoms with E-state index in [1.165, 1.54) is 0 Å². The molecule has 0 aliphatic rings. The SMILES string of the molecule is COC(=O)CS(=O)(=O)C(CC#N)c1ccccc1. The van der Waals surface area contributed by atoms with Gasteiger partial charge in [-0.25, -0.2) is 8.42 Å². The zero-order valence-corrected chi connectivity index (χ0v) is 10.7. The van der Waals surface area contributed by atoms with Gasteiger partial charge in [0, 0.05) is 0 Å². The monoisotopic (exact) mass is 267 g/mol. The van der Waals surface area contributed by atoms with Crippen LogP contribution in [0.25, 0.3) is 0 Å². The molecule has 0 radical (unpaired) electrons. The Bertz CT molecular complexity index is 545. The number of benzene rings is 1. The number of esters is 1. The molecule has 1 unspecified atom stereocenters. The Labute approximate surface area is 106 Å². The minimum absolute atomic E-state index is 0.191. The first-order valence-corrected chi connectivity index (χ1v) is 6.93. The fourth-order valence-corrected chi connectivity index (χ4v) is 3.07. The number of nitriles is 1. The number of methoxy groups -OCH3 is 1. The van der Waals surface area contributed by atoms with E-state index in [1.54, 1.807) is 30.3 Å². The van der Waals surface area contributed by atoms with Gasteiger partial charge in [-0.2, -0.15) is 5.26 Å². The van der Waals surface area contributed by atoms with Crippen LogP contribution in [0.15, 0.2) is 30.3 Å². The third-order valence-electron chi connectivity index (χ3n) is 2.43. The Kier molecular flexibility index (Phi) is 4.86. The van der Waals surface area contributed by atoms with E-state index in [-0.39, 0.29) is 6.42 Å². The molecule has 0 aliphatic heterocycles. The predicted octanol–water partition coefficient (Wildman–Crippen LogP) is 1.23. The number of carbonyl (C=O) groups excluding carboxylic acids is 1. The van der Waals surface area contributed by atoms with Crippen molar-refractivity contribution in [1.29, 1.82) is 5.26 Å². The van der Waals surface area contributed by atoms with Gasteiger partial charge in [-0.15, -0.1) is 0 Å². The van der Waals surface area contributed by atoms with E-state index in [4.69, 9.17) is 5.26 Å². The summed E-state index contributed by atoms with van der Waals surface area (Å²) in [6, 6.07) is 10.2. The van der Waals surface area contributed by atoms with Crippen LogP contribution in [0.2, 0.25) is 0 Å². The second-order valence-corrected chi connectivity index (χ2v) is 5.83. The van der Waals surface area contributed by atoms with Gasteiger partial charge in [0.15, 0.2) is 9.84 Å². The van der Waals surface area contributed by atoms with Crippen LogP contribution in [0.4, 0.5) is 0 Å². The summed E-state index contributed by atoms with van der Waals surface area (Å²) in [7, 11) is -2.62. The van der Waals surface area contributed by atoms with E-state index in [2.05, 4.69) is 4.74 Å². The number of hydrogen-bond acceptors (Lipinski definition) is 5. The molecule has 1 rings (SSSR count). The zero-order chi connectivity index (χ0) is 13.6. The van der Waals surface area contributed by atoms with Gasteiger partial charge in [-0.3, -0.25) is 4.79 Å². The minimum atomic E-state index is -3.75. The molecule has 5 nitrogen and oxygen atoms in total. The number of rotatable bonds is 5. The van der Waals surface area contributed by atoms with Crippen LogP contribution in [-0.2, 0) is 19.4 Å². The minimum Gasteiger partial charge on any atom is -0.468 e. The van der Waals surface area contributed by atoms with E-state index >= 15 is 0 Å². The number of ether oxygens (including phenoxy) is 1. The topological polar surface area (TPSA) is 84.2 Å². The molecule has 6 heteroatoms. The van der Waals surface area contributed by atoms with Crippen LogP contribution in [0.3, 0.4) is 0 Å². The Hall–Kier alpha value is -1.87. The summed E-state index contributed by atoms with van der Waals surface area (Å²) in [6.07, 6.45) is -0.191. The molecule has 0 aliphatic carbocycles. The van der Waals surface area contributed by atoms with E-state index in [9.17, 15) is 13.2 Å². The van der Waals surface area contributed by atoms with Gasteiger partial charge in [0.1, 0.15) is 5.75 Å². The van der Waals surface area contributed by atoms with Crippen LogP contribution in [0, 0.1) is 11.3 Å². The summed E-state index contributed by atoms with van der Waals surface area (Å²) >= 11 is 0. The third kappa shape index (κ3) is 3.57. The average Bonchev–Trinajstić information content (AvgIpc) is 2.36. The molecule has 0 spiro atoms. The quantitative estimate of drug-likeness (QED) is 0.749. The Morgan fingerprint density at radius 1 is 1.39 bits per heavy atom. The largest absolute Gasteiger partial charge is 0.468 e. The van der Waals surface area contributed by atoms with Crippen molar-refractivity contribution < 1.29 is 17.9 Å². The number of hydrogen-bond donors (Lipinski definition) is 0. The van der Waals surface area contributed by atoms with Crippen molar-refractivity contribution in [2.24, 2.45) is 0 Å². The van der Waals surface area contributed by atoms with E-state index in [0.29, 0.717) is 5.56 Å². The van der Waals surface area contributed by atoms with Gasteiger partial charge in [0.25, 0.3) is 0 Å². The lowest BCUT2D eigenvalue weighted by atomic mass is 10.1. The molecule has 1 aromatic carbocycles. The molecule has 18 heavy (non-hydrogen) atoms. The first-order chi connectivity index (χ1) is 8.51. The lowest BCUT2D eigenvalue weighted by Crippen LogP contribution is -2.23. The molecular weight excluding hydrogens is 254 g/mol. The molecule has 0 saturated carbocycles. The van der Waals surface area contributed by atoms with Crippen LogP contribution in [0.1, 0.15) is 17.2 Å². The Morgan fingerprint density at radius 3 is 2.50 bits per heavy atom. The van der Waals surface area contributed by atoms with Gasteiger partial charge in [0.05, 0.1) is 24.8 Å². The van der Waals surface area contributed by atoms with Crippen LogP contribution in [0.5, 0.6) is 0 Å². The highest BCUT2D eigenvalue weighted by Gasteiger charge is 2.29. The molecule has 0 bridgehead atoms. The lowest BCUT2D eigenvalue weighted by Gasteiger charge is -2.14. The highest BCUT2D eigenvalue weighted by Crippen LogP contribution is 2.26. The highest BCUT2D eigenvalue weighted by atomic mass is 32.2. The molecule has 1 atom stereocenters. The molecule has 0 aromatic heterocycles. The molecule has 1 aromatic rings. The summed E-state index contributed by atoms with van der Waals surface area (Å²) in [6.45, 7) is 0. The van der Waals surface area contributed by atoms with E-state index in [1.807, 2.05) is 6.07 Å². The van der Waals surface area contributed by atoms with Gasteiger partial charge in [0.2, 0.25) is 0 Å². The Balaban J connectivity index is 3.07. The van der Waals surface area contributed by atoms with Crippen molar-refractivity contribution in [2.75, 3.05) is 12.9 Å². The summed E-state index contributed by atoms with van der Waals surface area (Å²) < 4.78 is 28.4. The van der Waals surface area contributed by atoms with Crippen molar-refractivity contribution >= 4 is 15.8 Å². The second-order valence-electron chi connectivity index (χ2n) is 3.64. The van der Waals surface area contributed by atoms with Crippen molar-refractivity contribution in [3.05, 3.63) is 35.9 Å². The van der Waals surface area contributed by atoms with Gasteiger partial charge >= 0.3 is 5.97 Å². The van der Waals surface area contributed by atoms with E-state index in [0.717, 1.165) is 7.11 Å². The Morgan fingerprint density at radius 2 is 2.00 bits per heavy atom. The van der Waals surface area contributed by atoms with Crippen LogP contribution < -0.4 is 0 Å². The maximum Gasteiger partial charge on any atom is 0.320 e. The predicted molar refractivity (Wildman–Crippen MR) is 65.2 cm³/mol. The molecule has 0 saturated heterocycles. The summed E-state index contributed by atoms with van der Waals surface area (Å²) in [4.78, 5) is 11.1. The van der Waals surface area contributed by atoms with Gasteiger partial charge < -0.3 is 4.74 Å². The fraction of sp³-hybridized carbons (Fsp3) is 0.333. The van der Waals surface area contributed by atoms with Crippen LogP contribution >= 0.6 is 0 Å². The van der Waals surface area contributed by atoms with E-state index < -0.39 is 26.8 Å². The number of sulfone groups is 1. The van der Waals surface area contributed by atoms with Crippen molar-refractivity contribution in [1.82, 2.24) is 0 Å². The maximum atomic E-state index is 12.0. The zero-order valence-electron chi connectivity index (χ0n) is 9.87. The van der Waals surface area contributed by atoms with Crippen LogP contribution in [-0.4, -0.2) is 27.2 Å². The smallest absolute Gasteiger partial charge is 0.320 e. The summed E-state index contributed by atoms with van der Waals surface area (Å²) in [5.74, 6) is -1.54. The molecule has 0 heterocycles.